The first-order valence-corrected chi connectivity index (χ1v) is 11.2. The van der Waals surface area contributed by atoms with E-state index in [1.807, 2.05) is 13.8 Å². The number of aliphatic hydroxyl groups excluding tert-OH is 1. The van der Waals surface area contributed by atoms with Gasteiger partial charge in [-0.2, -0.15) is 0 Å². The van der Waals surface area contributed by atoms with Crippen LogP contribution in [-0.2, 0) is 17.6 Å². The highest BCUT2D eigenvalue weighted by Gasteiger charge is 2.26. The van der Waals surface area contributed by atoms with Crippen LogP contribution in [0, 0.1) is 10.8 Å². The van der Waals surface area contributed by atoms with Crippen LogP contribution in [0.15, 0.2) is 42.7 Å². The van der Waals surface area contributed by atoms with Crippen LogP contribution in [0.2, 0.25) is 0 Å². The number of carboxylic acid groups (broad SMARTS) is 1. The Morgan fingerprint density at radius 3 is 1.73 bits per heavy atom. The number of hydrogen-bond acceptors (Lipinski definition) is 6. The van der Waals surface area contributed by atoms with Crippen molar-refractivity contribution in [1.82, 2.24) is 0 Å². The lowest BCUT2D eigenvalue weighted by molar-refractivity contribution is -0.147. The van der Waals surface area contributed by atoms with Crippen LogP contribution in [0.1, 0.15) is 76.4 Å². The van der Waals surface area contributed by atoms with Crippen LogP contribution in [0.5, 0.6) is 0 Å². The normalized spacial score (nSPS) is 12.4. The molecular weight excluding hydrogens is 424 g/mol. The molecule has 2 heterocycles. The summed E-state index contributed by atoms with van der Waals surface area (Å²) in [6.45, 7) is 7.40. The number of carboxylic acids is 1. The zero-order valence-corrected chi connectivity index (χ0v) is 19.8. The highest BCUT2D eigenvalue weighted by atomic mass is 16.4. The average molecular weight is 459 g/mol. The molecule has 0 saturated carbocycles. The lowest BCUT2D eigenvalue weighted by Crippen LogP contribution is -2.23. The number of rotatable bonds is 12. The summed E-state index contributed by atoms with van der Waals surface area (Å²) in [5.74, 6) is 0.863. The first-order chi connectivity index (χ1) is 15.4. The highest BCUT2D eigenvalue weighted by Crippen LogP contribution is 2.24. The topological polar surface area (TPSA) is 118 Å². The van der Waals surface area contributed by atoms with E-state index < -0.39 is 11.4 Å². The molecule has 33 heavy (non-hydrogen) atoms. The maximum absolute atomic E-state index is 12.0. The zero-order chi connectivity index (χ0) is 24.6. The van der Waals surface area contributed by atoms with Gasteiger partial charge in [0.2, 0.25) is 0 Å². The number of aliphatic hydroxyl groups is 1. The standard InChI is InChI=1S/C26H34O7/c1-25(2,17-27)11-5-7-20-13-18(28)15-22(32-20)9-10-23-16-19(29)14-21(33-23)8-6-12-26(3,4)24(30)31/h9-10,13-16,27H,5-8,11-12,17H2,1-4H3,(H,30,31). The van der Waals surface area contributed by atoms with Crippen molar-refractivity contribution >= 4 is 18.1 Å². The van der Waals surface area contributed by atoms with Gasteiger partial charge in [0.15, 0.2) is 10.9 Å². The summed E-state index contributed by atoms with van der Waals surface area (Å²) in [6.07, 6.45) is 6.79. The number of carbonyl (C=O) groups is 1. The molecule has 7 heteroatoms. The Morgan fingerprint density at radius 1 is 0.848 bits per heavy atom. The molecular formula is C26H34O7. The van der Waals surface area contributed by atoms with E-state index in [2.05, 4.69) is 0 Å². The molecule has 2 N–H and O–H groups in total. The summed E-state index contributed by atoms with van der Waals surface area (Å²) in [7, 11) is 0. The molecule has 0 aliphatic carbocycles. The van der Waals surface area contributed by atoms with Crippen LogP contribution < -0.4 is 10.9 Å². The summed E-state index contributed by atoms with van der Waals surface area (Å²) in [6, 6.07) is 5.58. The summed E-state index contributed by atoms with van der Waals surface area (Å²) in [5.41, 5.74) is -1.40. The molecule has 0 saturated heterocycles. The number of hydrogen-bond donors (Lipinski definition) is 2. The fourth-order valence-corrected chi connectivity index (χ4v) is 3.31. The predicted molar refractivity (Wildman–Crippen MR) is 127 cm³/mol. The molecule has 0 spiro atoms. The summed E-state index contributed by atoms with van der Waals surface area (Å²) < 4.78 is 11.5. The second-order valence-corrected chi connectivity index (χ2v) is 9.88. The minimum Gasteiger partial charge on any atom is -0.481 e. The predicted octanol–water partition coefficient (Wildman–Crippen LogP) is 4.54. The third kappa shape index (κ3) is 8.85. The van der Waals surface area contributed by atoms with Crippen molar-refractivity contribution in [2.24, 2.45) is 10.8 Å². The van der Waals surface area contributed by atoms with E-state index in [9.17, 15) is 24.6 Å². The van der Waals surface area contributed by atoms with E-state index in [4.69, 9.17) is 8.83 Å². The van der Waals surface area contributed by atoms with Crippen molar-refractivity contribution in [2.45, 2.75) is 66.2 Å². The maximum atomic E-state index is 12.0. The van der Waals surface area contributed by atoms with Gasteiger partial charge in [-0.1, -0.05) is 13.8 Å². The first kappa shape index (κ1) is 26.3. The van der Waals surface area contributed by atoms with E-state index in [0.29, 0.717) is 48.7 Å². The van der Waals surface area contributed by atoms with Crippen molar-refractivity contribution in [3.63, 3.8) is 0 Å². The minimum atomic E-state index is -0.860. The van der Waals surface area contributed by atoms with Gasteiger partial charge in [-0.25, -0.2) is 0 Å². The number of aliphatic carboxylic acids is 1. The Bertz CT molecular complexity index is 1090. The molecule has 0 fully saturated rings. The fourth-order valence-electron chi connectivity index (χ4n) is 3.31. The lowest BCUT2D eigenvalue weighted by Gasteiger charge is -2.20. The molecule has 0 radical (unpaired) electrons. The second-order valence-electron chi connectivity index (χ2n) is 9.88. The lowest BCUT2D eigenvalue weighted by atomic mass is 9.87. The van der Waals surface area contributed by atoms with Gasteiger partial charge in [0.05, 0.1) is 5.41 Å². The molecule has 2 rings (SSSR count). The van der Waals surface area contributed by atoms with Gasteiger partial charge in [-0.3, -0.25) is 14.4 Å². The minimum absolute atomic E-state index is 0.0985. The molecule has 180 valence electrons. The van der Waals surface area contributed by atoms with Crippen LogP contribution in [0.4, 0.5) is 0 Å². The molecule has 0 atom stereocenters. The second kappa shape index (κ2) is 11.3. The fraction of sp³-hybridized carbons (Fsp3) is 0.500. The molecule has 2 aromatic heterocycles. The maximum Gasteiger partial charge on any atom is 0.309 e. The summed E-state index contributed by atoms with van der Waals surface area (Å²) in [4.78, 5) is 35.3. The van der Waals surface area contributed by atoms with E-state index in [-0.39, 0.29) is 22.9 Å². The van der Waals surface area contributed by atoms with Crippen molar-refractivity contribution in [2.75, 3.05) is 6.61 Å². The molecule has 0 unspecified atom stereocenters. The van der Waals surface area contributed by atoms with Crippen LogP contribution >= 0.6 is 0 Å². The van der Waals surface area contributed by atoms with Gasteiger partial charge >= 0.3 is 5.97 Å². The molecule has 2 aromatic rings. The quantitative estimate of drug-likeness (QED) is 0.479. The SMILES string of the molecule is CC(C)(CO)CCCc1cc(=O)cc(C=Cc2cc(=O)cc(CCCC(C)(C)C(=O)O)o2)o1. The van der Waals surface area contributed by atoms with E-state index in [0.717, 1.165) is 12.8 Å². The zero-order valence-electron chi connectivity index (χ0n) is 19.8. The Kier molecular flexibility index (Phi) is 8.99. The number of aryl methyl sites for hydroxylation is 2. The van der Waals surface area contributed by atoms with Gasteiger partial charge in [0.1, 0.15) is 23.0 Å². The third-order valence-electron chi connectivity index (χ3n) is 5.59. The van der Waals surface area contributed by atoms with Crippen LogP contribution in [0.25, 0.3) is 12.2 Å². The molecule has 0 bridgehead atoms. The van der Waals surface area contributed by atoms with Crippen molar-refractivity contribution in [3.05, 3.63) is 67.8 Å². The van der Waals surface area contributed by atoms with Crippen LogP contribution in [-0.4, -0.2) is 22.8 Å². The van der Waals surface area contributed by atoms with E-state index >= 15 is 0 Å². The Hall–Kier alpha value is -2.93. The van der Waals surface area contributed by atoms with Gasteiger partial charge in [-0.15, -0.1) is 0 Å². The highest BCUT2D eigenvalue weighted by molar-refractivity contribution is 5.73. The van der Waals surface area contributed by atoms with Crippen LogP contribution in [0.3, 0.4) is 0 Å². The monoisotopic (exact) mass is 458 g/mol. The van der Waals surface area contributed by atoms with Crippen molar-refractivity contribution in [1.29, 1.82) is 0 Å². The van der Waals surface area contributed by atoms with E-state index in [1.54, 1.807) is 26.0 Å². The molecule has 0 aliphatic rings. The molecule has 0 aromatic carbocycles. The molecule has 0 aliphatic heterocycles. The Labute approximate surface area is 193 Å². The van der Waals surface area contributed by atoms with Crippen molar-refractivity contribution < 1.29 is 23.8 Å². The smallest absolute Gasteiger partial charge is 0.309 e. The van der Waals surface area contributed by atoms with Crippen molar-refractivity contribution in [3.8, 4) is 0 Å². The van der Waals surface area contributed by atoms with Gasteiger partial charge in [0, 0.05) is 43.7 Å². The molecule has 7 nitrogen and oxygen atoms in total. The third-order valence-corrected chi connectivity index (χ3v) is 5.59. The van der Waals surface area contributed by atoms with Gasteiger partial charge in [0.25, 0.3) is 0 Å². The summed E-state index contributed by atoms with van der Waals surface area (Å²) >= 11 is 0. The van der Waals surface area contributed by atoms with Gasteiger partial charge < -0.3 is 19.0 Å². The summed E-state index contributed by atoms with van der Waals surface area (Å²) in [5, 5.41) is 18.6. The molecule has 0 amide bonds. The van der Waals surface area contributed by atoms with E-state index in [1.165, 1.54) is 24.3 Å². The Balaban J connectivity index is 2.08. The first-order valence-electron chi connectivity index (χ1n) is 11.2. The van der Waals surface area contributed by atoms with Gasteiger partial charge in [-0.05, 0) is 57.1 Å². The largest absolute Gasteiger partial charge is 0.481 e. The Morgan fingerprint density at radius 2 is 1.30 bits per heavy atom. The average Bonchev–Trinajstić information content (AvgIpc) is 2.71.